The van der Waals surface area contributed by atoms with Gasteiger partial charge in [0.15, 0.2) is 0 Å². The molecule has 0 atom stereocenters. The van der Waals surface area contributed by atoms with Gasteiger partial charge < -0.3 is 30.2 Å². The summed E-state index contributed by atoms with van der Waals surface area (Å²) in [6.45, 7) is 3.59. The van der Waals surface area contributed by atoms with Crippen molar-refractivity contribution in [3.63, 3.8) is 0 Å². The van der Waals surface area contributed by atoms with Gasteiger partial charge in [-0.15, -0.1) is 0 Å². The number of rotatable bonds is 8. The number of aliphatic carboxylic acids is 1. The normalized spacial score (nSPS) is 16.5. The third-order valence-electron chi connectivity index (χ3n) is 5.90. The first-order chi connectivity index (χ1) is 16.1. The minimum Gasteiger partial charge on any atom is -0.481 e. The fourth-order valence-electron chi connectivity index (χ4n) is 3.77. The quantitative estimate of drug-likeness (QED) is 0.374. The Morgan fingerprint density at radius 2 is 1.79 bits per heavy atom. The van der Waals surface area contributed by atoms with Crippen LogP contribution in [0.5, 0.6) is 5.88 Å². The van der Waals surface area contributed by atoms with Gasteiger partial charge in [-0.2, -0.15) is 0 Å². The van der Waals surface area contributed by atoms with E-state index in [2.05, 4.69) is 9.97 Å². The maximum Gasteiger partial charge on any atom is 0.409 e. The Morgan fingerprint density at radius 3 is 2.29 bits per heavy atom. The third-order valence-corrected chi connectivity index (χ3v) is 5.90. The van der Waals surface area contributed by atoms with Crippen LogP contribution >= 0.6 is 0 Å². The van der Waals surface area contributed by atoms with E-state index in [-0.39, 0.29) is 12.7 Å². The van der Waals surface area contributed by atoms with Gasteiger partial charge in [-0.1, -0.05) is 6.42 Å². The van der Waals surface area contributed by atoms with Crippen molar-refractivity contribution in [2.24, 2.45) is 17.5 Å². The van der Waals surface area contributed by atoms with E-state index < -0.39 is 12.1 Å². The SMILES string of the molecule is CC(=O)O.Cc1nc(/C(N)=C(\COC(=O)N(C)CC2CCC2)N(C)N)cnc1OC1CCCC1. The zero-order chi connectivity index (χ0) is 25.3. The van der Waals surface area contributed by atoms with E-state index in [0.717, 1.165) is 19.8 Å². The zero-order valence-corrected chi connectivity index (χ0v) is 20.6. The number of aryl methyl sites for hydroxylation is 1. The van der Waals surface area contributed by atoms with Crippen LogP contribution in [-0.2, 0) is 9.53 Å². The van der Waals surface area contributed by atoms with Gasteiger partial charge in [0.05, 0.1) is 17.6 Å². The van der Waals surface area contributed by atoms with Crippen LogP contribution < -0.4 is 16.3 Å². The van der Waals surface area contributed by atoms with Crippen LogP contribution in [-0.4, -0.2) is 70.4 Å². The molecule has 1 aromatic rings. The molecule has 0 radical (unpaired) electrons. The van der Waals surface area contributed by atoms with Gasteiger partial charge in [-0.3, -0.25) is 4.79 Å². The van der Waals surface area contributed by atoms with E-state index in [1.165, 1.54) is 37.1 Å². The summed E-state index contributed by atoms with van der Waals surface area (Å²) < 4.78 is 11.4. The lowest BCUT2D eigenvalue weighted by Gasteiger charge is -2.30. The maximum atomic E-state index is 12.3. The summed E-state index contributed by atoms with van der Waals surface area (Å²) in [5.74, 6) is 6.21. The number of aromatic nitrogens is 2. The Kier molecular flexibility index (Phi) is 10.4. The molecular weight excluding hydrogens is 440 g/mol. The third kappa shape index (κ3) is 8.36. The zero-order valence-electron chi connectivity index (χ0n) is 20.6. The summed E-state index contributed by atoms with van der Waals surface area (Å²) in [5.41, 5.74) is 8.22. The molecular formula is C23H38N6O5. The first kappa shape index (κ1) is 27.2. The van der Waals surface area contributed by atoms with Crippen LogP contribution in [0.1, 0.15) is 63.3 Å². The molecule has 2 aliphatic rings. The highest BCUT2D eigenvalue weighted by Gasteiger charge is 2.23. The van der Waals surface area contributed by atoms with Gasteiger partial charge in [0.1, 0.15) is 24.1 Å². The molecule has 2 aliphatic carbocycles. The van der Waals surface area contributed by atoms with Crippen LogP contribution in [0.25, 0.3) is 5.70 Å². The highest BCUT2D eigenvalue weighted by atomic mass is 16.6. The number of carbonyl (C=O) groups is 2. The Labute approximate surface area is 201 Å². The average molecular weight is 479 g/mol. The van der Waals surface area contributed by atoms with Crippen molar-refractivity contribution in [1.29, 1.82) is 0 Å². The Hall–Kier alpha value is -3.08. The average Bonchev–Trinajstić information content (AvgIpc) is 3.24. The van der Waals surface area contributed by atoms with E-state index in [9.17, 15) is 4.79 Å². The van der Waals surface area contributed by atoms with Crippen molar-refractivity contribution in [2.75, 3.05) is 27.2 Å². The molecule has 5 N–H and O–H groups in total. The van der Waals surface area contributed by atoms with Crippen molar-refractivity contribution in [3.8, 4) is 5.88 Å². The van der Waals surface area contributed by atoms with Crippen molar-refractivity contribution in [3.05, 3.63) is 23.3 Å². The summed E-state index contributed by atoms with van der Waals surface area (Å²) in [7, 11) is 3.39. The van der Waals surface area contributed by atoms with Crippen molar-refractivity contribution in [2.45, 2.75) is 64.9 Å². The Bertz CT molecular complexity index is 861. The topological polar surface area (TPSA) is 157 Å². The maximum absolute atomic E-state index is 12.3. The molecule has 190 valence electrons. The molecule has 3 rings (SSSR count). The number of hydrazine groups is 1. The molecule has 0 saturated heterocycles. The number of ether oxygens (including phenoxy) is 2. The first-order valence-electron chi connectivity index (χ1n) is 11.6. The van der Waals surface area contributed by atoms with Gasteiger partial charge in [-0.25, -0.2) is 20.6 Å². The first-order valence-corrected chi connectivity index (χ1v) is 11.6. The molecule has 0 unspecified atom stereocenters. The highest BCUT2D eigenvalue weighted by Crippen LogP contribution is 2.27. The van der Waals surface area contributed by atoms with Crippen LogP contribution in [0.2, 0.25) is 0 Å². The van der Waals surface area contributed by atoms with Gasteiger partial charge in [0.2, 0.25) is 5.88 Å². The number of likely N-dealkylation sites (N-methyl/N-ethyl adjacent to an activating group) is 1. The molecule has 11 heteroatoms. The van der Waals surface area contributed by atoms with E-state index in [1.807, 2.05) is 6.92 Å². The monoisotopic (exact) mass is 478 g/mol. The Balaban J connectivity index is 0.000000945. The number of nitrogens with zero attached hydrogens (tertiary/aromatic N) is 4. The number of hydrogen-bond acceptors (Lipinski definition) is 9. The number of carboxylic acid groups (broad SMARTS) is 1. The minimum atomic E-state index is -0.833. The standard InChI is InChI=1S/C21H34N6O3.C2H4O2/c1-14-20(30-16-9-4-5-10-16)24-11-17(25-14)19(22)18(27(3)23)13-29-21(28)26(2)12-15-7-6-8-15;1-2(3)4/h11,15-16H,4-10,12-13,22-23H2,1-3H3;1H3,(H,3,4)/b19-18-;. The minimum absolute atomic E-state index is 0.0479. The predicted molar refractivity (Wildman–Crippen MR) is 127 cm³/mol. The van der Waals surface area contributed by atoms with E-state index in [1.54, 1.807) is 25.2 Å². The molecule has 0 bridgehead atoms. The molecule has 1 amide bonds. The molecule has 34 heavy (non-hydrogen) atoms. The molecule has 2 fully saturated rings. The second kappa shape index (κ2) is 13.0. The number of amides is 1. The van der Waals surface area contributed by atoms with Crippen molar-refractivity contribution in [1.82, 2.24) is 19.9 Å². The molecule has 0 aliphatic heterocycles. The summed E-state index contributed by atoms with van der Waals surface area (Å²) in [6, 6.07) is 0. The predicted octanol–water partition coefficient (Wildman–Crippen LogP) is 2.50. The van der Waals surface area contributed by atoms with Gasteiger partial charge in [0.25, 0.3) is 5.97 Å². The number of carbonyl (C=O) groups excluding carboxylic acids is 1. The van der Waals surface area contributed by atoms with E-state index in [0.29, 0.717) is 41.1 Å². The Morgan fingerprint density at radius 1 is 1.18 bits per heavy atom. The lowest BCUT2D eigenvalue weighted by molar-refractivity contribution is -0.134. The largest absolute Gasteiger partial charge is 0.481 e. The second-order valence-electron chi connectivity index (χ2n) is 8.89. The lowest BCUT2D eigenvalue weighted by atomic mass is 9.85. The summed E-state index contributed by atoms with van der Waals surface area (Å²) in [6.07, 6.45) is 9.42. The summed E-state index contributed by atoms with van der Waals surface area (Å²) >= 11 is 0. The van der Waals surface area contributed by atoms with Crippen LogP contribution in [0.4, 0.5) is 4.79 Å². The molecule has 1 heterocycles. The molecule has 0 aromatic carbocycles. The summed E-state index contributed by atoms with van der Waals surface area (Å²) in [4.78, 5) is 31.8. The van der Waals surface area contributed by atoms with Gasteiger partial charge >= 0.3 is 6.09 Å². The molecule has 2 saturated carbocycles. The molecule has 1 aromatic heterocycles. The lowest BCUT2D eigenvalue weighted by Crippen LogP contribution is -2.37. The van der Waals surface area contributed by atoms with E-state index in [4.69, 9.17) is 31.0 Å². The van der Waals surface area contributed by atoms with Crippen LogP contribution in [0, 0.1) is 12.8 Å². The van der Waals surface area contributed by atoms with Crippen molar-refractivity contribution >= 4 is 17.8 Å². The molecule has 0 spiro atoms. The van der Waals surface area contributed by atoms with Gasteiger partial charge in [-0.05, 0) is 51.4 Å². The smallest absolute Gasteiger partial charge is 0.409 e. The highest BCUT2D eigenvalue weighted by molar-refractivity contribution is 5.68. The summed E-state index contributed by atoms with van der Waals surface area (Å²) in [5, 5.41) is 8.76. The number of hydrogen-bond donors (Lipinski definition) is 3. The number of nitrogens with two attached hydrogens (primary N) is 2. The van der Waals surface area contributed by atoms with Crippen LogP contribution in [0.15, 0.2) is 11.9 Å². The van der Waals surface area contributed by atoms with E-state index >= 15 is 0 Å². The second-order valence-corrected chi connectivity index (χ2v) is 8.89. The van der Waals surface area contributed by atoms with Crippen LogP contribution in [0.3, 0.4) is 0 Å². The van der Waals surface area contributed by atoms with Gasteiger partial charge in [0, 0.05) is 27.6 Å². The molecule has 11 nitrogen and oxygen atoms in total. The fraction of sp³-hybridized carbons (Fsp3) is 0.652. The fourth-order valence-corrected chi connectivity index (χ4v) is 3.77. The number of carboxylic acids is 1. The van der Waals surface area contributed by atoms with Crippen molar-refractivity contribution < 1.29 is 24.2 Å².